The molecule has 0 bridgehead atoms. The van der Waals surface area contributed by atoms with Gasteiger partial charge >= 0.3 is 0 Å². The molecular weight excluding hydrogens is 368 g/mol. The zero-order valence-corrected chi connectivity index (χ0v) is 17.2. The maximum Gasteiger partial charge on any atom is 0.241 e. The maximum atomic E-state index is 12.9. The van der Waals surface area contributed by atoms with Gasteiger partial charge in [-0.05, 0) is 42.8 Å². The van der Waals surface area contributed by atoms with Crippen LogP contribution in [0.3, 0.4) is 0 Å². The molecule has 0 radical (unpaired) electrons. The van der Waals surface area contributed by atoms with Gasteiger partial charge in [0.05, 0.1) is 11.4 Å². The lowest BCUT2D eigenvalue weighted by Gasteiger charge is -2.25. The summed E-state index contributed by atoms with van der Waals surface area (Å²) in [6, 6.07) is 9.72. The van der Waals surface area contributed by atoms with Crippen LogP contribution in [0.25, 0.3) is 0 Å². The van der Waals surface area contributed by atoms with Crippen LogP contribution in [0, 0.1) is 12.8 Å². The van der Waals surface area contributed by atoms with Crippen molar-refractivity contribution in [2.75, 3.05) is 7.05 Å². The number of hydrogen-bond donors (Lipinski definition) is 1. The lowest BCUT2D eigenvalue weighted by molar-refractivity contribution is -0.132. The highest BCUT2D eigenvalue weighted by Gasteiger charge is 2.28. The lowest BCUT2D eigenvalue weighted by Crippen LogP contribution is -2.47. The standard InChI is InChI=1S/C19H26N2O3S2/c1-14(2)12-18(19(22)21(4)13-16-6-5-11-25-16)20-26(23,24)17-9-7-15(3)8-10-17/h5-11,14,18,20H,12-13H2,1-4H3. The number of aryl methyl sites for hydroxylation is 1. The monoisotopic (exact) mass is 394 g/mol. The Kier molecular flexibility index (Phi) is 6.97. The number of nitrogens with zero attached hydrogens (tertiary/aromatic N) is 1. The molecule has 5 nitrogen and oxygen atoms in total. The third kappa shape index (κ3) is 5.65. The van der Waals surface area contributed by atoms with Gasteiger partial charge in [-0.15, -0.1) is 11.3 Å². The number of nitrogens with one attached hydrogen (secondary N) is 1. The molecule has 1 heterocycles. The van der Waals surface area contributed by atoms with Crippen molar-refractivity contribution in [3.8, 4) is 0 Å². The zero-order valence-electron chi connectivity index (χ0n) is 15.6. The molecule has 1 aromatic heterocycles. The first-order valence-corrected chi connectivity index (χ1v) is 10.9. The topological polar surface area (TPSA) is 66.5 Å². The highest BCUT2D eigenvalue weighted by Crippen LogP contribution is 2.16. The first kappa shape index (κ1) is 20.6. The normalized spacial score (nSPS) is 13.0. The Morgan fingerprint density at radius 2 is 1.85 bits per heavy atom. The minimum atomic E-state index is -3.76. The van der Waals surface area contributed by atoms with E-state index in [1.807, 2.05) is 38.3 Å². The van der Waals surface area contributed by atoms with Crippen molar-refractivity contribution in [1.82, 2.24) is 9.62 Å². The number of likely N-dealkylation sites (N-methyl/N-ethyl adjacent to an activating group) is 1. The van der Waals surface area contributed by atoms with Crippen molar-refractivity contribution in [2.45, 2.75) is 44.7 Å². The Morgan fingerprint density at radius 3 is 2.38 bits per heavy atom. The second kappa shape index (κ2) is 8.79. The summed E-state index contributed by atoms with van der Waals surface area (Å²) >= 11 is 1.57. The molecule has 1 aromatic carbocycles. The molecule has 1 N–H and O–H groups in total. The minimum absolute atomic E-state index is 0.172. The van der Waals surface area contributed by atoms with Crippen LogP contribution in [0.4, 0.5) is 0 Å². The minimum Gasteiger partial charge on any atom is -0.339 e. The number of sulfonamides is 1. The maximum absolute atomic E-state index is 12.9. The van der Waals surface area contributed by atoms with Crippen molar-refractivity contribution >= 4 is 27.3 Å². The molecule has 0 saturated carbocycles. The summed E-state index contributed by atoms with van der Waals surface area (Å²) in [6.45, 7) is 6.31. The van der Waals surface area contributed by atoms with Gasteiger partial charge in [0, 0.05) is 11.9 Å². The molecular formula is C19H26N2O3S2. The molecule has 2 rings (SSSR count). The van der Waals surface area contributed by atoms with E-state index in [-0.39, 0.29) is 16.7 Å². The molecule has 7 heteroatoms. The van der Waals surface area contributed by atoms with Crippen molar-refractivity contribution in [1.29, 1.82) is 0 Å². The third-order valence-electron chi connectivity index (χ3n) is 3.98. The molecule has 1 amide bonds. The summed E-state index contributed by atoms with van der Waals surface area (Å²) in [7, 11) is -2.05. The van der Waals surface area contributed by atoms with E-state index in [4.69, 9.17) is 0 Å². The fourth-order valence-corrected chi connectivity index (χ4v) is 4.58. The van der Waals surface area contributed by atoms with E-state index in [0.717, 1.165) is 10.4 Å². The summed E-state index contributed by atoms with van der Waals surface area (Å²) in [6.07, 6.45) is 0.443. The molecule has 2 aromatic rings. The van der Waals surface area contributed by atoms with Crippen LogP contribution >= 0.6 is 11.3 Å². The zero-order chi connectivity index (χ0) is 19.3. The first-order chi connectivity index (χ1) is 12.2. The molecule has 1 atom stereocenters. The lowest BCUT2D eigenvalue weighted by atomic mass is 10.0. The van der Waals surface area contributed by atoms with E-state index in [1.165, 1.54) is 0 Å². The van der Waals surface area contributed by atoms with E-state index < -0.39 is 16.1 Å². The summed E-state index contributed by atoms with van der Waals surface area (Å²) in [5.74, 6) is -0.0393. The number of rotatable bonds is 8. The fourth-order valence-electron chi connectivity index (χ4n) is 2.62. The van der Waals surface area contributed by atoms with Gasteiger partial charge in [0.2, 0.25) is 15.9 Å². The van der Waals surface area contributed by atoms with Crippen molar-refractivity contribution < 1.29 is 13.2 Å². The van der Waals surface area contributed by atoms with Crippen LogP contribution in [-0.4, -0.2) is 32.3 Å². The van der Waals surface area contributed by atoms with Gasteiger partial charge in [-0.3, -0.25) is 4.79 Å². The summed E-state index contributed by atoms with van der Waals surface area (Å²) < 4.78 is 28.0. The molecule has 0 aliphatic rings. The molecule has 0 saturated heterocycles. The number of benzene rings is 1. The van der Waals surface area contributed by atoms with E-state index in [2.05, 4.69) is 4.72 Å². The van der Waals surface area contributed by atoms with E-state index in [9.17, 15) is 13.2 Å². The number of carbonyl (C=O) groups excluding carboxylic acids is 1. The predicted octanol–water partition coefficient (Wildman–Crippen LogP) is 3.41. The average molecular weight is 395 g/mol. The largest absolute Gasteiger partial charge is 0.339 e. The van der Waals surface area contributed by atoms with Gasteiger partial charge in [-0.25, -0.2) is 8.42 Å². The van der Waals surface area contributed by atoms with Crippen LogP contribution in [0.2, 0.25) is 0 Å². The molecule has 0 spiro atoms. The van der Waals surface area contributed by atoms with Crippen molar-refractivity contribution in [2.24, 2.45) is 5.92 Å². The predicted molar refractivity (Wildman–Crippen MR) is 106 cm³/mol. The smallest absolute Gasteiger partial charge is 0.241 e. The third-order valence-corrected chi connectivity index (χ3v) is 6.33. The Hall–Kier alpha value is -1.70. The van der Waals surface area contributed by atoms with Gasteiger partial charge in [0.15, 0.2) is 0 Å². The summed E-state index contributed by atoms with van der Waals surface area (Å²) in [4.78, 5) is 15.7. The number of carbonyl (C=O) groups is 1. The van der Waals surface area contributed by atoms with Gasteiger partial charge < -0.3 is 4.90 Å². The Bertz CT molecular complexity index is 813. The highest BCUT2D eigenvalue weighted by atomic mass is 32.2. The average Bonchev–Trinajstić information content (AvgIpc) is 3.06. The number of amides is 1. The summed E-state index contributed by atoms with van der Waals surface area (Å²) in [5, 5.41) is 1.96. The van der Waals surface area contributed by atoms with Crippen LogP contribution < -0.4 is 4.72 Å². The van der Waals surface area contributed by atoms with Gasteiger partial charge in [-0.2, -0.15) is 4.72 Å². The first-order valence-electron chi connectivity index (χ1n) is 8.55. The molecule has 26 heavy (non-hydrogen) atoms. The second-order valence-corrected chi connectivity index (χ2v) is 9.64. The molecule has 0 aliphatic heterocycles. The number of thiophene rings is 1. The Morgan fingerprint density at radius 1 is 1.19 bits per heavy atom. The highest BCUT2D eigenvalue weighted by molar-refractivity contribution is 7.89. The van der Waals surface area contributed by atoms with Gasteiger partial charge in [0.1, 0.15) is 6.04 Å². The van der Waals surface area contributed by atoms with Crippen LogP contribution in [-0.2, 0) is 21.4 Å². The quantitative estimate of drug-likeness (QED) is 0.746. The van der Waals surface area contributed by atoms with Crippen LogP contribution in [0.1, 0.15) is 30.7 Å². The molecule has 1 unspecified atom stereocenters. The second-order valence-electron chi connectivity index (χ2n) is 6.89. The van der Waals surface area contributed by atoms with Crippen LogP contribution in [0.15, 0.2) is 46.7 Å². The van der Waals surface area contributed by atoms with Gasteiger partial charge in [-0.1, -0.05) is 37.6 Å². The van der Waals surface area contributed by atoms with Crippen molar-refractivity contribution in [3.05, 3.63) is 52.2 Å². The molecule has 0 aliphatic carbocycles. The van der Waals surface area contributed by atoms with E-state index >= 15 is 0 Å². The van der Waals surface area contributed by atoms with Crippen LogP contribution in [0.5, 0.6) is 0 Å². The molecule has 142 valence electrons. The summed E-state index contributed by atoms with van der Waals surface area (Å²) in [5.41, 5.74) is 0.981. The Labute approximate surface area is 160 Å². The molecule has 0 fully saturated rings. The SMILES string of the molecule is Cc1ccc(S(=O)(=O)NC(CC(C)C)C(=O)N(C)Cc2cccs2)cc1. The Balaban J connectivity index is 2.17. The van der Waals surface area contributed by atoms with E-state index in [0.29, 0.717) is 13.0 Å². The van der Waals surface area contributed by atoms with Gasteiger partial charge in [0.25, 0.3) is 0 Å². The number of hydrogen-bond acceptors (Lipinski definition) is 4. The van der Waals surface area contributed by atoms with E-state index in [1.54, 1.807) is 47.5 Å². The van der Waals surface area contributed by atoms with Crippen molar-refractivity contribution in [3.63, 3.8) is 0 Å². The fraction of sp³-hybridized carbons (Fsp3) is 0.421.